The van der Waals surface area contributed by atoms with Gasteiger partial charge in [-0.05, 0) is 0 Å². The van der Waals surface area contributed by atoms with Crippen molar-refractivity contribution in [3.8, 4) is 0 Å². The van der Waals surface area contributed by atoms with Gasteiger partial charge in [0.05, 0.1) is 0 Å². The van der Waals surface area contributed by atoms with Gasteiger partial charge in [0, 0.05) is 0 Å². The number of rotatable bonds is 4. The Kier molecular flexibility index (Phi) is 6.92. The van der Waals surface area contributed by atoms with E-state index in [2.05, 4.69) is 27.6 Å². The molecule has 0 bridgehead atoms. The molecule has 0 nitrogen and oxygen atoms in total. The van der Waals surface area contributed by atoms with Crippen LogP contribution >= 0.6 is 0 Å². The molecule has 0 atom stereocenters. The normalized spacial score (nSPS) is 8.86. The van der Waals surface area contributed by atoms with Gasteiger partial charge in [0.25, 0.3) is 0 Å². The van der Waals surface area contributed by atoms with Crippen LogP contribution in [0, 0.1) is 0 Å². The molecule has 0 fully saturated rings. The van der Waals surface area contributed by atoms with Gasteiger partial charge in [0.2, 0.25) is 0 Å². The van der Waals surface area contributed by atoms with Crippen LogP contribution in [0.3, 0.4) is 0 Å². The molecule has 0 radical (unpaired) electrons. The van der Waals surface area contributed by atoms with Gasteiger partial charge in [-0.3, -0.25) is 0 Å². The van der Waals surface area contributed by atoms with Crippen LogP contribution in [0.5, 0.6) is 0 Å². The van der Waals surface area contributed by atoms with Crippen molar-refractivity contribution in [3.63, 3.8) is 0 Å². The van der Waals surface area contributed by atoms with Crippen LogP contribution in [-0.2, 0) is 21.1 Å². The molecule has 0 aromatic heterocycles. The number of unbranched alkanes of at least 4 members (excludes halogenated alkanes) is 2. The molecule has 0 heterocycles. The topological polar surface area (TPSA) is 0 Å². The summed E-state index contributed by atoms with van der Waals surface area (Å²) in [7, 11) is 0. The van der Waals surface area contributed by atoms with Gasteiger partial charge in [-0.15, -0.1) is 0 Å². The Morgan fingerprint density at radius 3 is 2.57 bits per heavy atom. The zero-order chi connectivity index (χ0) is 5.54. The average molecular weight is 280 g/mol. The van der Waals surface area contributed by atoms with E-state index in [1.54, 1.807) is 0 Å². The van der Waals surface area contributed by atoms with Crippen molar-refractivity contribution in [2.75, 3.05) is 0 Å². The first kappa shape index (κ1) is 7.48. The summed E-state index contributed by atoms with van der Waals surface area (Å²) in [6.07, 6.45) is 5.79. The van der Waals surface area contributed by atoms with E-state index in [4.69, 9.17) is 0 Å². The Bertz CT molecular complexity index is 41.4. The fourth-order valence-corrected chi connectivity index (χ4v) is 0.906. The first-order chi connectivity index (χ1) is 3.41. The summed E-state index contributed by atoms with van der Waals surface area (Å²) in [5, 5.41) is 0. The van der Waals surface area contributed by atoms with Crippen molar-refractivity contribution < 1.29 is 21.1 Å². The van der Waals surface area contributed by atoms with Gasteiger partial charge in [-0.1, -0.05) is 0 Å². The van der Waals surface area contributed by atoms with E-state index in [9.17, 15) is 0 Å². The Morgan fingerprint density at radius 2 is 2.14 bits per heavy atom. The van der Waals surface area contributed by atoms with Crippen molar-refractivity contribution in [1.82, 2.24) is 0 Å². The van der Waals surface area contributed by atoms with E-state index >= 15 is 0 Å². The van der Waals surface area contributed by atoms with Gasteiger partial charge in [-0.2, -0.15) is 0 Å². The first-order valence-electron chi connectivity index (χ1n) is 2.53. The second kappa shape index (κ2) is 6.48. The maximum atomic E-state index is 3.63. The summed E-state index contributed by atoms with van der Waals surface area (Å²) < 4.78 is 1.26. The molecule has 0 saturated carbocycles. The predicted molar refractivity (Wildman–Crippen MR) is 28.9 cm³/mol. The van der Waals surface area contributed by atoms with Crippen molar-refractivity contribution in [2.45, 2.75) is 23.9 Å². The van der Waals surface area contributed by atoms with E-state index in [1.165, 1.54) is 23.9 Å². The van der Waals surface area contributed by atoms with Gasteiger partial charge in [-0.25, -0.2) is 0 Å². The molecule has 0 aliphatic rings. The summed E-state index contributed by atoms with van der Waals surface area (Å²) in [5.41, 5.74) is 0. The molecule has 0 saturated heterocycles. The van der Waals surface area contributed by atoms with Crippen LogP contribution in [0.25, 0.3) is 0 Å². The first-order valence-corrected chi connectivity index (χ1v) is 4.06. The molecule has 0 spiro atoms. The Hall–Kier alpha value is 0.480. The van der Waals surface area contributed by atoms with E-state index < -0.39 is 0 Å². The number of hydrogen-bond acceptors (Lipinski definition) is 0. The molecule has 0 rings (SSSR count). The fourth-order valence-electron chi connectivity index (χ4n) is 0.364. The third kappa shape index (κ3) is 6.48. The summed E-state index contributed by atoms with van der Waals surface area (Å²) in [4.78, 5) is 0. The fraction of sp³-hybridized carbons (Fsp3) is 0.667. The zero-order valence-electron chi connectivity index (χ0n) is 4.41. The van der Waals surface area contributed by atoms with E-state index in [1.807, 2.05) is 6.08 Å². The molecule has 46 valence electrons. The summed E-state index contributed by atoms with van der Waals surface area (Å²) >= 11 is 2.55. The second-order valence-electron chi connectivity index (χ2n) is 1.44. The molecule has 0 N–H and O–H groups in total. The standard InChI is InChI=1S/C6H11.Au/c1-3-5-6-4-2;/h3H,1-2,4-6H2;. The molecule has 0 aromatic rings. The molecule has 0 aliphatic carbocycles. The predicted octanol–water partition coefficient (Wildman–Crippen LogP) is 2.31. The third-order valence-electron chi connectivity index (χ3n) is 0.765. The van der Waals surface area contributed by atoms with Gasteiger partial charge < -0.3 is 0 Å². The van der Waals surface area contributed by atoms with Crippen LogP contribution in [0.1, 0.15) is 19.3 Å². The van der Waals surface area contributed by atoms with E-state index in [-0.39, 0.29) is 0 Å². The monoisotopic (exact) mass is 280 g/mol. The van der Waals surface area contributed by atoms with Crippen LogP contribution in [0.2, 0.25) is 4.64 Å². The van der Waals surface area contributed by atoms with Crippen molar-refractivity contribution in [3.05, 3.63) is 12.7 Å². The molecular formula is C6H11Au. The molecule has 1 heteroatoms. The van der Waals surface area contributed by atoms with Gasteiger partial charge in [0.1, 0.15) is 0 Å². The molecule has 7 heavy (non-hydrogen) atoms. The van der Waals surface area contributed by atoms with Crippen molar-refractivity contribution >= 4 is 0 Å². The van der Waals surface area contributed by atoms with Crippen LogP contribution in [0.15, 0.2) is 12.7 Å². The quantitative estimate of drug-likeness (QED) is 0.421. The Labute approximate surface area is 57.9 Å². The van der Waals surface area contributed by atoms with E-state index in [0.717, 1.165) is 0 Å². The minimum atomic E-state index is 1.18. The second-order valence-corrected chi connectivity index (χ2v) is 2.52. The number of hydrogen-bond donors (Lipinski definition) is 0. The zero-order valence-corrected chi connectivity index (χ0v) is 6.58. The maximum absolute atomic E-state index is 3.63. The Morgan fingerprint density at radius 1 is 1.43 bits per heavy atom. The van der Waals surface area contributed by atoms with Crippen LogP contribution in [-0.4, -0.2) is 0 Å². The minimum absolute atomic E-state index is 1.18. The van der Waals surface area contributed by atoms with Crippen molar-refractivity contribution in [2.24, 2.45) is 0 Å². The molecule has 0 amide bonds. The summed E-state index contributed by atoms with van der Waals surface area (Å²) in [6, 6.07) is 0. The molecule has 0 aromatic carbocycles. The van der Waals surface area contributed by atoms with Crippen LogP contribution in [0.4, 0.5) is 0 Å². The molecule has 0 unspecified atom stereocenters. The van der Waals surface area contributed by atoms with E-state index in [0.29, 0.717) is 0 Å². The molecule has 0 aliphatic heterocycles. The average Bonchev–Trinajstić information content (AvgIpc) is 1.69. The SMILES string of the molecule is C=CCCC[CH2][Au]. The van der Waals surface area contributed by atoms with Gasteiger partial charge >= 0.3 is 57.6 Å². The molecular weight excluding hydrogens is 269 g/mol. The van der Waals surface area contributed by atoms with Gasteiger partial charge in [0.15, 0.2) is 0 Å². The van der Waals surface area contributed by atoms with Crippen LogP contribution < -0.4 is 0 Å². The summed E-state index contributed by atoms with van der Waals surface area (Å²) in [5.74, 6) is 0. The number of allylic oxidation sites excluding steroid dienone is 1. The Balaban J connectivity index is 2.56. The summed E-state index contributed by atoms with van der Waals surface area (Å²) in [6.45, 7) is 3.63. The van der Waals surface area contributed by atoms with Crippen molar-refractivity contribution in [1.29, 1.82) is 0 Å². The third-order valence-corrected chi connectivity index (χ3v) is 1.53.